The van der Waals surface area contributed by atoms with Gasteiger partial charge in [0.1, 0.15) is 11.6 Å². The molecule has 0 atom stereocenters. The molecule has 0 spiro atoms. The Morgan fingerprint density at radius 2 is 1.35 bits per heavy atom. The molecule has 34 heavy (non-hydrogen) atoms. The molecular weight excluding hydrogens is 450 g/mol. The van der Waals surface area contributed by atoms with Gasteiger partial charge in [0.05, 0.1) is 5.25 Å². The van der Waals surface area contributed by atoms with Gasteiger partial charge in [0.2, 0.25) is 5.91 Å². The van der Waals surface area contributed by atoms with Crippen LogP contribution in [0.4, 0.5) is 8.78 Å². The summed E-state index contributed by atoms with van der Waals surface area (Å²) in [5.41, 5.74) is 3.21. The monoisotopic (exact) mass is 480 g/mol. The van der Waals surface area contributed by atoms with Crippen molar-refractivity contribution >= 4 is 17.7 Å². The molecule has 1 saturated heterocycles. The SMILES string of the molecule is O=C(CCc1ccccc1)N1CCN(CCSC(c2ccc(F)cc2)c2ccc(F)cc2)CC1. The van der Waals surface area contributed by atoms with Crippen molar-refractivity contribution in [2.75, 3.05) is 38.5 Å². The summed E-state index contributed by atoms with van der Waals surface area (Å²) in [5.74, 6) is 0.595. The van der Waals surface area contributed by atoms with E-state index < -0.39 is 0 Å². The second-order valence-corrected chi connectivity index (χ2v) is 9.77. The minimum absolute atomic E-state index is 0.0158. The number of carbonyl (C=O) groups is 1. The standard InChI is InChI=1S/C28H30F2N2OS/c29-25-11-7-23(8-12-25)28(24-9-13-26(30)14-10-24)34-21-20-31-16-18-32(19-17-31)27(33)15-6-22-4-2-1-3-5-22/h1-5,7-14,28H,6,15-21H2. The number of hydrogen-bond donors (Lipinski definition) is 0. The largest absolute Gasteiger partial charge is 0.340 e. The number of carbonyl (C=O) groups excluding carboxylic acids is 1. The molecule has 3 aromatic rings. The van der Waals surface area contributed by atoms with Crippen LogP contribution in [0.3, 0.4) is 0 Å². The highest BCUT2D eigenvalue weighted by Crippen LogP contribution is 2.35. The van der Waals surface area contributed by atoms with Crippen LogP contribution < -0.4 is 0 Å². The predicted molar refractivity (Wildman–Crippen MR) is 135 cm³/mol. The first-order valence-corrected chi connectivity index (χ1v) is 12.8. The van der Waals surface area contributed by atoms with E-state index >= 15 is 0 Å². The quantitative estimate of drug-likeness (QED) is 0.400. The molecule has 178 valence electrons. The molecule has 1 amide bonds. The number of amides is 1. The smallest absolute Gasteiger partial charge is 0.222 e. The van der Waals surface area contributed by atoms with Crippen LogP contribution in [0, 0.1) is 11.6 Å². The highest BCUT2D eigenvalue weighted by molar-refractivity contribution is 7.99. The van der Waals surface area contributed by atoms with E-state index in [2.05, 4.69) is 17.0 Å². The maximum absolute atomic E-state index is 13.4. The summed E-state index contributed by atoms with van der Waals surface area (Å²) in [5, 5.41) is 0.0158. The fourth-order valence-corrected chi connectivity index (χ4v) is 5.53. The minimum atomic E-state index is -0.261. The lowest BCUT2D eigenvalue weighted by molar-refractivity contribution is -0.132. The van der Waals surface area contributed by atoms with Crippen LogP contribution >= 0.6 is 11.8 Å². The van der Waals surface area contributed by atoms with Gasteiger partial charge in [0.25, 0.3) is 0 Å². The summed E-state index contributed by atoms with van der Waals surface area (Å²) in [4.78, 5) is 17.0. The molecule has 3 aromatic carbocycles. The Labute approximate surface area is 204 Å². The molecule has 4 rings (SSSR count). The van der Waals surface area contributed by atoms with Crippen molar-refractivity contribution in [3.63, 3.8) is 0 Å². The van der Waals surface area contributed by atoms with Gasteiger partial charge in [0.15, 0.2) is 0 Å². The van der Waals surface area contributed by atoms with E-state index in [0.29, 0.717) is 6.42 Å². The van der Waals surface area contributed by atoms with Crippen LogP contribution in [0.25, 0.3) is 0 Å². The van der Waals surface area contributed by atoms with Crippen molar-refractivity contribution in [2.45, 2.75) is 18.1 Å². The van der Waals surface area contributed by atoms with Crippen LogP contribution in [0.1, 0.15) is 28.4 Å². The van der Waals surface area contributed by atoms with E-state index in [1.165, 1.54) is 29.8 Å². The van der Waals surface area contributed by atoms with E-state index in [0.717, 1.165) is 56.0 Å². The lowest BCUT2D eigenvalue weighted by Crippen LogP contribution is -2.49. The molecule has 0 saturated carbocycles. The Morgan fingerprint density at radius 1 is 0.794 bits per heavy atom. The molecule has 1 aliphatic rings. The fraction of sp³-hybridized carbons (Fsp3) is 0.321. The van der Waals surface area contributed by atoms with Gasteiger partial charge in [0, 0.05) is 44.9 Å². The van der Waals surface area contributed by atoms with Crippen molar-refractivity contribution in [1.82, 2.24) is 9.80 Å². The third-order valence-electron chi connectivity index (χ3n) is 6.23. The summed E-state index contributed by atoms with van der Waals surface area (Å²) in [6, 6.07) is 23.2. The van der Waals surface area contributed by atoms with Crippen LogP contribution in [-0.4, -0.2) is 54.2 Å². The summed E-state index contributed by atoms with van der Waals surface area (Å²) in [6.45, 7) is 4.18. The number of rotatable bonds is 9. The van der Waals surface area contributed by atoms with Crippen LogP contribution in [0.15, 0.2) is 78.9 Å². The molecule has 0 N–H and O–H groups in total. The van der Waals surface area contributed by atoms with Gasteiger partial charge in [-0.05, 0) is 47.4 Å². The molecule has 3 nitrogen and oxygen atoms in total. The average Bonchev–Trinajstić information content (AvgIpc) is 2.88. The number of hydrogen-bond acceptors (Lipinski definition) is 3. The molecule has 1 fully saturated rings. The van der Waals surface area contributed by atoms with Crippen molar-refractivity contribution in [3.8, 4) is 0 Å². The van der Waals surface area contributed by atoms with Gasteiger partial charge in [-0.25, -0.2) is 8.78 Å². The van der Waals surface area contributed by atoms with Crippen molar-refractivity contribution in [2.24, 2.45) is 0 Å². The molecule has 6 heteroatoms. The van der Waals surface area contributed by atoms with E-state index in [9.17, 15) is 13.6 Å². The number of benzene rings is 3. The zero-order valence-corrected chi connectivity index (χ0v) is 20.0. The van der Waals surface area contributed by atoms with Gasteiger partial charge in [-0.1, -0.05) is 54.6 Å². The Hall–Kier alpha value is -2.70. The minimum Gasteiger partial charge on any atom is -0.340 e. The topological polar surface area (TPSA) is 23.6 Å². The van der Waals surface area contributed by atoms with Crippen molar-refractivity contribution in [3.05, 3.63) is 107 Å². The fourth-order valence-electron chi connectivity index (χ4n) is 4.23. The second-order valence-electron chi connectivity index (χ2n) is 8.56. The zero-order valence-electron chi connectivity index (χ0n) is 19.2. The van der Waals surface area contributed by atoms with Gasteiger partial charge < -0.3 is 4.90 Å². The number of thioether (sulfide) groups is 1. The predicted octanol–water partition coefficient (Wildman–Crippen LogP) is 5.56. The average molecular weight is 481 g/mol. The van der Waals surface area contributed by atoms with E-state index in [1.807, 2.05) is 23.1 Å². The molecule has 0 radical (unpaired) electrons. The lowest BCUT2D eigenvalue weighted by atomic mass is 10.0. The van der Waals surface area contributed by atoms with Crippen LogP contribution in [0.5, 0.6) is 0 Å². The Kier molecular flexibility index (Phi) is 8.72. The first kappa shape index (κ1) is 24.4. The first-order valence-electron chi connectivity index (χ1n) is 11.7. The summed E-state index contributed by atoms with van der Waals surface area (Å²) in [7, 11) is 0. The normalized spacial score (nSPS) is 14.5. The van der Waals surface area contributed by atoms with E-state index in [1.54, 1.807) is 36.0 Å². The molecule has 0 unspecified atom stereocenters. The van der Waals surface area contributed by atoms with Crippen LogP contribution in [-0.2, 0) is 11.2 Å². The van der Waals surface area contributed by atoms with E-state index in [4.69, 9.17) is 0 Å². The maximum Gasteiger partial charge on any atom is 0.222 e. The summed E-state index contributed by atoms with van der Waals surface area (Å²) >= 11 is 1.78. The molecule has 0 aromatic heterocycles. The van der Waals surface area contributed by atoms with Crippen molar-refractivity contribution < 1.29 is 13.6 Å². The second kappa shape index (κ2) is 12.1. The Bertz CT molecular complexity index is 991. The molecule has 0 bridgehead atoms. The maximum atomic E-state index is 13.4. The highest BCUT2D eigenvalue weighted by atomic mass is 32.2. The van der Waals surface area contributed by atoms with E-state index in [-0.39, 0.29) is 22.8 Å². The summed E-state index contributed by atoms with van der Waals surface area (Å²) in [6.07, 6.45) is 1.33. The van der Waals surface area contributed by atoms with Gasteiger partial charge in [-0.3, -0.25) is 9.69 Å². The Morgan fingerprint density at radius 3 is 1.91 bits per heavy atom. The third-order valence-corrected chi connectivity index (χ3v) is 7.53. The number of nitrogens with zero attached hydrogens (tertiary/aromatic N) is 2. The number of aryl methyl sites for hydroxylation is 1. The Balaban J connectivity index is 1.25. The van der Waals surface area contributed by atoms with Gasteiger partial charge in [-0.2, -0.15) is 0 Å². The number of piperazine rings is 1. The van der Waals surface area contributed by atoms with Crippen molar-refractivity contribution in [1.29, 1.82) is 0 Å². The highest BCUT2D eigenvalue weighted by Gasteiger charge is 2.21. The van der Waals surface area contributed by atoms with Gasteiger partial charge >= 0.3 is 0 Å². The number of halogens is 2. The molecule has 1 aliphatic heterocycles. The third kappa shape index (κ3) is 6.90. The summed E-state index contributed by atoms with van der Waals surface area (Å²) < 4.78 is 26.9. The zero-order chi connectivity index (χ0) is 23.8. The van der Waals surface area contributed by atoms with Crippen LogP contribution in [0.2, 0.25) is 0 Å². The van der Waals surface area contributed by atoms with Gasteiger partial charge in [-0.15, -0.1) is 11.8 Å². The molecular formula is C28H30F2N2OS. The molecule has 1 heterocycles. The molecule has 0 aliphatic carbocycles. The first-order chi connectivity index (χ1) is 16.6. The lowest BCUT2D eigenvalue weighted by Gasteiger charge is -2.35.